The third-order valence-electron chi connectivity index (χ3n) is 7.08. The molecule has 0 radical (unpaired) electrons. The quantitative estimate of drug-likeness (QED) is 0.336. The lowest BCUT2D eigenvalue weighted by Crippen LogP contribution is -2.36. The predicted molar refractivity (Wildman–Crippen MR) is 142 cm³/mol. The van der Waals surface area contributed by atoms with Crippen molar-refractivity contribution in [3.05, 3.63) is 51.8 Å². The number of pyridine rings is 1. The second kappa shape index (κ2) is 9.53. The number of morpholine rings is 1. The molecule has 4 aromatic rings. The van der Waals surface area contributed by atoms with Crippen molar-refractivity contribution in [3.8, 4) is 11.4 Å². The van der Waals surface area contributed by atoms with Crippen LogP contribution < -0.4 is 21.1 Å². The fourth-order valence-corrected chi connectivity index (χ4v) is 5.31. The maximum absolute atomic E-state index is 13.4. The largest absolute Gasteiger partial charge is 0.383 e. The topological polar surface area (TPSA) is 98.1 Å². The van der Waals surface area contributed by atoms with Crippen LogP contribution in [-0.4, -0.2) is 60.9 Å². The van der Waals surface area contributed by atoms with Crippen LogP contribution >= 0.6 is 11.6 Å². The molecule has 4 heterocycles. The summed E-state index contributed by atoms with van der Waals surface area (Å²) in [4.78, 5) is 26.9. The summed E-state index contributed by atoms with van der Waals surface area (Å²) < 4.78 is 5.49. The van der Waals surface area contributed by atoms with E-state index in [0.717, 1.165) is 92.1 Å². The number of aromatic nitrogens is 3. The molecular weight excluding hydrogens is 464 g/mol. The van der Waals surface area contributed by atoms with Crippen molar-refractivity contribution in [1.29, 1.82) is 0 Å². The molecule has 2 fully saturated rings. The number of hydrogen-bond acceptors (Lipinski definition) is 6. The molecule has 35 heavy (non-hydrogen) atoms. The van der Waals surface area contributed by atoms with Gasteiger partial charge in [0.2, 0.25) is 0 Å². The van der Waals surface area contributed by atoms with E-state index in [0.29, 0.717) is 22.3 Å². The summed E-state index contributed by atoms with van der Waals surface area (Å²) in [5.74, 6) is 1.10. The minimum atomic E-state index is -0.180. The van der Waals surface area contributed by atoms with Crippen LogP contribution in [0, 0.1) is 5.92 Å². The molecule has 2 saturated heterocycles. The fraction of sp³-hybridized carbons (Fsp3) is 0.385. The first-order chi connectivity index (χ1) is 17.2. The Hall–Kier alpha value is -3.07. The molecule has 0 unspecified atom stereocenters. The van der Waals surface area contributed by atoms with Crippen molar-refractivity contribution in [2.45, 2.75) is 12.8 Å². The van der Waals surface area contributed by atoms with Crippen LogP contribution in [0.1, 0.15) is 12.8 Å². The summed E-state index contributed by atoms with van der Waals surface area (Å²) in [6.45, 7) is 6.03. The van der Waals surface area contributed by atoms with Crippen molar-refractivity contribution < 1.29 is 4.74 Å². The van der Waals surface area contributed by atoms with E-state index >= 15 is 0 Å². The van der Waals surface area contributed by atoms with Crippen LogP contribution in [0.25, 0.3) is 33.3 Å². The summed E-state index contributed by atoms with van der Waals surface area (Å²) in [6.07, 6.45) is 2.22. The Morgan fingerprint density at radius 3 is 2.71 bits per heavy atom. The lowest BCUT2D eigenvalue weighted by molar-refractivity contribution is 0.122. The van der Waals surface area contributed by atoms with Gasteiger partial charge in [0, 0.05) is 35.7 Å². The Morgan fingerprint density at radius 1 is 1.06 bits per heavy atom. The van der Waals surface area contributed by atoms with Crippen LogP contribution in [0.3, 0.4) is 0 Å². The standard InChI is InChI=1S/C26H29ClN6O2/c27-17-1-3-20-19(13-17)24(29-15-16-5-7-28-8-6-16)23(26(34)32-20)25-30-21-4-2-18(14-22(21)31-25)33-9-11-35-12-10-33/h1-4,13-14,16,28H,5-12,15H2,(H,30,31)(H2,29,32,34). The van der Waals surface area contributed by atoms with Crippen LogP contribution in [-0.2, 0) is 4.74 Å². The number of halogens is 1. The van der Waals surface area contributed by atoms with Crippen LogP contribution in [0.4, 0.5) is 11.4 Å². The Bertz CT molecular complexity index is 1420. The van der Waals surface area contributed by atoms with Crippen molar-refractivity contribution in [2.75, 3.05) is 56.2 Å². The maximum atomic E-state index is 13.4. The van der Waals surface area contributed by atoms with Gasteiger partial charge in [0.25, 0.3) is 5.56 Å². The van der Waals surface area contributed by atoms with Gasteiger partial charge in [-0.3, -0.25) is 4.79 Å². The molecule has 4 N–H and O–H groups in total. The number of rotatable bonds is 5. The van der Waals surface area contributed by atoms with E-state index in [1.807, 2.05) is 18.2 Å². The number of H-pyrrole nitrogens is 2. The van der Waals surface area contributed by atoms with Crippen molar-refractivity contribution >= 4 is 44.9 Å². The van der Waals surface area contributed by atoms with Gasteiger partial charge < -0.3 is 30.2 Å². The minimum absolute atomic E-state index is 0.180. The Balaban J connectivity index is 1.43. The molecule has 9 heteroatoms. The monoisotopic (exact) mass is 492 g/mol. The predicted octanol–water partition coefficient (Wildman–Crippen LogP) is 3.97. The molecule has 2 aromatic heterocycles. The first-order valence-electron chi connectivity index (χ1n) is 12.3. The van der Waals surface area contributed by atoms with Gasteiger partial charge in [-0.25, -0.2) is 4.98 Å². The first kappa shape index (κ1) is 22.4. The number of imidazole rings is 1. The third-order valence-corrected chi connectivity index (χ3v) is 7.32. The SMILES string of the molecule is O=c1[nH]c2ccc(Cl)cc2c(NCC2CCNCC2)c1-c1nc2ccc(N3CCOCC3)cc2[nH]1. The lowest BCUT2D eigenvalue weighted by Gasteiger charge is -2.28. The zero-order valence-corrected chi connectivity index (χ0v) is 20.3. The van der Waals surface area contributed by atoms with E-state index in [-0.39, 0.29) is 5.56 Å². The number of fused-ring (bicyclic) bond motifs is 2. The fourth-order valence-electron chi connectivity index (χ4n) is 5.14. The van der Waals surface area contributed by atoms with Gasteiger partial charge in [-0.2, -0.15) is 0 Å². The maximum Gasteiger partial charge on any atom is 0.261 e. The highest BCUT2D eigenvalue weighted by Crippen LogP contribution is 2.33. The molecular formula is C26H29ClN6O2. The Kier molecular flexibility index (Phi) is 6.10. The number of anilines is 2. The zero-order valence-electron chi connectivity index (χ0n) is 19.5. The van der Waals surface area contributed by atoms with Crippen LogP contribution in [0.5, 0.6) is 0 Å². The molecule has 2 aromatic carbocycles. The zero-order chi connectivity index (χ0) is 23.8. The highest BCUT2D eigenvalue weighted by molar-refractivity contribution is 6.31. The Morgan fingerprint density at radius 2 is 1.89 bits per heavy atom. The van der Waals surface area contributed by atoms with Gasteiger partial charge >= 0.3 is 0 Å². The highest BCUT2D eigenvalue weighted by Gasteiger charge is 2.21. The number of piperidine rings is 1. The van der Waals surface area contributed by atoms with Crippen molar-refractivity contribution in [2.24, 2.45) is 5.92 Å². The van der Waals surface area contributed by atoms with E-state index in [4.69, 9.17) is 21.3 Å². The van der Waals surface area contributed by atoms with Gasteiger partial charge in [-0.05, 0) is 68.2 Å². The number of ether oxygens (including phenoxy) is 1. The first-order valence-corrected chi connectivity index (χ1v) is 12.7. The molecule has 0 aliphatic carbocycles. The summed E-state index contributed by atoms with van der Waals surface area (Å²) in [7, 11) is 0. The summed E-state index contributed by atoms with van der Waals surface area (Å²) >= 11 is 6.37. The minimum Gasteiger partial charge on any atom is -0.383 e. The summed E-state index contributed by atoms with van der Waals surface area (Å²) in [5.41, 5.74) is 4.71. The molecule has 6 rings (SSSR count). The average molecular weight is 493 g/mol. The van der Waals surface area contributed by atoms with Gasteiger partial charge in [-0.1, -0.05) is 11.6 Å². The number of hydrogen-bond donors (Lipinski definition) is 4. The molecule has 2 aliphatic rings. The normalized spacial score (nSPS) is 17.3. The molecule has 182 valence electrons. The van der Waals surface area contributed by atoms with Gasteiger partial charge in [-0.15, -0.1) is 0 Å². The second-order valence-corrected chi connectivity index (χ2v) is 9.79. The summed E-state index contributed by atoms with van der Waals surface area (Å²) in [6, 6.07) is 11.7. The molecule has 0 saturated carbocycles. The van der Waals surface area contributed by atoms with Crippen molar-refractivity contribution in [1.82, 2.24) is 20.3 Å². The Labute approximate surface area is 208 Å². The molecule has 0 amide bonds. The molecule has 2 aliphatic heterocycles. The number of aromatic amines is 2. The van der Waals surface area contributed by atoms with E-state index in [2.05, 4.69) is 37.6 Å². The smallest absolute Gasteiger partial charge is 0.261 e. The number of nitrogens with zero attached hydrogens (tertiary/aromatic N) is 2. The molecule has 0 atom stereocenters. The van der Waals surface area contributed by atoms with E-state index in [1.54, 1.807) is 6.07 Å². The average Bonchev–Trinajstić information content (AvgIpc) is 3.31. The lowest BCUT2D eigenvalue weighted by atomic mass is 9.97. The van der Waals surface area contributed by atoms with Crippen LogP contribution in [0.2, 0.25) is 5.02 Å². The second-order valence-electron chi connectivity index (χ2n) is 9.35. The van der Waals surface area contributed by atoms with Crippen molar-refractivity contribution in [3.63, 3.8) is 0 Å². The van der Waals surface area contributed by atoms with Gasteiger partial charge in [0.1, 0.15) is 11.4 Å². The van der Waals surface area contributed by atoms with Crippen LogP contribution in [0.15, 0.2) is 41.2 Å². The number of benzene rings is 2. The van der Waals surface area contributed by atoms with E-state index in [9.17, 15) is 4.79 Å². The molecule has 0 bridgehead atoms. The molecule has 0 spiro atoms. The van der Waals surface area contributed by atoms with E-state index in [1.165, 1.54) is 0 Å². The number of nitrogens with one attached hydrogen (secondary N) is 4. The van der Waals surface area contributed by atoms with E-state index < -0.39 is 0 Å². The van der Waals surface area contributed by atoms with Gasteiger partial charge in [0.15, 0.2) is 0 Å². The highest BCUT2D eigenvalue weighted by atomic mass is 35.5. The summed E-state index contributed by atoms with van der Waals surface area (Å²) in [5, 5.41) is 8.54. The molecule has 8 nitrogen and oxygen atoms in total. The third kappa shape index (κ3) is 4.49. The van der Waals surface area contributed by atoms with Gasteiger partial charge in [0.05, 0.1) is 35.5 Å².